The molecule has 25 heavy (non-hydrogen) atoms. The molecule has 0 N–H and O–H groups in total. The number of hydrogen-bond donors (Lipinski definition) is 0. The van der Waals surface area contributed by atoms with E-state index in [2.05, 4.69) is 62.4 Å². The maximum absolute atomic E-state index is 5.32. The van der Waals surface area contributed by atoms with Crippen molar-refractivity contribution in [2.45, 2.75) is 19.3 Å². The van der Waals surface area contributed by atoms with Crippen LogP contribution in [0.4, 0.5) is 0 Å². The molecule has 2 nitrogen and oxygen atoms in total. The molecule has 2 heteroatoms. The van der Waals surface area contributed by atoms with Gasteiger partial charge in [-0.2, -0.15) is 0 Å². The fraction of sp³-hybridized carbons (Fsp3) is 0.217. The van der Waals surface area contributed by atoms with Crippen molar-refractivity contribution in [3.8, 4) is 11.5 Å². The highest BCUT2D eigenvalue weighted by molar-refractivity contribution is 5.51. The molecule has 0 fully saturated rings. The van der Waals surface area contributed by atoms with Gasteiger partial charge in [-0.1, -0.05) is 54.1 Å². The summed E-state index contributed by atoms with van der Waals surface area (Å²) in [5.41, 5.74) is 4.71. The number of hydrogen-bond acceptors (Lipinski definition) is 2. The van der Waals surface area contributed by atoms with E-state index in [4.69, 9.17) is 9.47 Å². The third-order valence-corrected chi connectivity index (χ3v) is 4.96. The average Bonchev–Trinajstić information content (AvgIpc) is 2.68. The Hall–Kier alpha value is -2.74. The molecule has 128 valence electrons. The Balaban J connectivity index is 2.16. The highest BCUT2D eigenvalue weighted by atomic mass is 16.5. The van der Waals surface area contributed by atoms with Gasteiger partial charge in [-0.25, -0.2) is 0 Å². The first-order valence-corrected chi connectivity index (χ1v) is 8.44. The minimum absolute atomic E-state index is 0.258. The monoisotopic (exact) mass is 332 g/mol. The van der Waals surface area contributed by atoms with Gasteiger partial charge in [0, 0.05) is 5.41 Å². The maximum Gasteiger partial charge on any atom is 0.118 e. The van der Waals surface area contributed by atoms with Crippen LogP contribution in [0.5, 0.6) is 11.5 Å². The second-order valence-electron chi connectivity index (χ2n) is 6.45. The summed E-state index contributed by atoms with van der Waals surface area (Å²) in [6, 6.07) is 25.4. The van der Waals surface area contributed by atoms with E-state index in [-0.39, 0.29) is 5.41 Å². The van der Waals surface area contributed by atoms with E-state index in [1.54, 1.807) is 14.2 Å². The molecule has 0 atom stereocenters. The van der Waals surface area contributed by atoms with Crippen LogP contribution in [0.3, 0.4) is 0 Å². The Morgan fingerprint density at radius 3 is 1.20 bits per heavy atom. The minimum Gasteiger partial charge on any atom is -0.497 e. The van der Waals surface area contributed by atoms with Crippen molar-refractivity contribution in [2.75, 3.05) is 14.2 Å². The molecule has 0 aliphatic heterocycles. The molecule has 0 amide bonds. The molecule has 0 unspecified atom stereocenters. The van der Waals surface area contributed by atoms with Crippen molar-refractivity contribution >= 4 is 0 Å². The van der Waals surface area contributed by atoms with E-state index in [0.717, 1.165) is 11.5 Å². The molecule has 3 rings (SSSR count). The summed E-state index contributed by atoms with van der Waals surface area (Å²) in [6.45, 7) is 4.38. The van der Waals surface area contributed by atoms with E-state index in [1.807, 2.05) is 24.3 Å². The number of rotatable bonds is 5. The number of methoxy groups -OCH3 is 2. The molecule has 0 heterocycles. The zero-order valence-electron chi connectivity index (χ0n) is 15.2. The maximum atomic E-state index is 5.32. The van der Waals surface area contributed by atoms with E-state index in [0.29, 0.717) is 0 Å². The highest BCUT2D eigenvalue weighted by Crippen LogP contribution is 2.40. The van der Waals surface area contributed by atoms with Crippen molar-refractivity contribution in [3.05, 3.63) is 95.1 Å². The van der Waals surface area contributed by atoms with Crippen LogP contribution < -0.4 is 9.47 Å². The van der Waals surface area contributed by atoms with Crippen LogP contribution in [0, 0.1) is 6.92 Å². The van der Waals surface area contributed by atoms with Gasteiger partial charge in [0.15, 0.2) is 0 Å². The molecule has 0 spiro atoms. The lowest BCUT2D eigenvalue weighted by Crippen LogP contribution is -2.25. The first-order chi connectivity index (χ1) is 12.1. The Morgan fingerprint density at radius 1 is 0.560 bits per heavy atom. The van der Waals surface area contributed by atoms with Gasteiger partial charge in [-0.15, -0.1) is 0 Å². The lowest BCUT2D eigenvalue weighted by molar-refractivity contribution is 0.414. The summed E-state index contributed by atoms with van der Waals surface area (Å²) < 4.78 is 10.6. The van der Waals surface area contributed by atoms with Crippen molar-refractivity contribution in [2.24, 2.45) is 0 Å². The zero-order chi connectivity index (χ0) is 17.9. The summed E-state index contributed by atoms with van der Waals surface area (Å²) in [4.78, 5) is 0. The van der Waals surface area contributed by atoms with Crippen LogP contribution in [-0.2, 0) is 5.41 Å². The average molecular weight is 332 g/mol. The molecular formula is C23H24O2. The number of ether oxygens (including phenoxy) is 2. The van der Waals surface area contributed by atoms with Crippen molar-refractivity contribution < 1.29 is 9.47 Å². The third kappa shape index (κ3) is 3.25. The SMILES string of the molecule is COc1ccc(C(C)(c2ccc(C)cc2)c2ccc(OC)cc2)cc1. The molecule has 0 aliphatic rings. The minimum atomic E-state index is -0.258. The summed E-state index contributed by atoms with van der Waals surface area (Å²) in [7, 11) is 3.38. The van der Waals surface area contributed by atoms with Gasteiger partial charge in [0.25, 0.3) is 0 Å². The molecule has 0 bridgehead atoms. The third-order valence-electron chi connectivity index (χ3n) is 4.96. The largest absolute Gasteiger partial charge is 0.497 e. The Labute approximate surface area is 150 Å². The molecule has 3 aromatic carbocycles. The van der Waals surface area contributed by atoms with Crippen molar-refractivity contribution in [3.63, 3.8) is 0 Å². The number of benzene rings is 3. The lowest BCUT2D eigenvalue weighted by Gasteiger charge is -2.32. The fourth-order valence-electron chi connectivity index (χ4n) is 3.24. The molecule has 0 saturated carbocycles. The molecular weight excluding hydrogens is 308 g/mol. The molecule has 0 saturated heterocycles. The second-order valence-corrected chi connectivity index (χ2v) is 6.45. The predicted octanol–water partition coefficient (Wildman–Crippen LogP) is 5.37. The predicted molar refractivity (Wildman–Crippen MR) is 103 cm³/mol. The van der Waals surface area contributed by atoms with Gasteiger partial charge < -0.3 is 9.47 Å². The Kier molecular flexibility index (Phi) is 4.80. The van der Waals surface area contributed by atoms with Gasteiger partial charge in [0.1, 0.15) is 11.5 Å². The first-order valence-electron chi connectivity index (χ1n) is 8.44. The van der Waals surface area contributed by atoms with Crippen LogP contribution in [0.1, 0.15) is 29.2 Å². The lowest BCUT2D eigenvalue weighted by atomic mass is 9.71. The topological polar surface area (TPSA) is 18.5 Å². The fourth-order valence-corrected chi connectivity index (χ4v) is 3.24. The van der Waals surface area contributed by atoms with Gasteiger partial charge in [0.2, 0.25) is 0 Å². The highest BCUT2D eigenvalue weighted by Gasteiger charge is 2.31. The van der Waals surface area contributed by atoms with Crippen LogP contribution in [-0.4, -0.2) is 14.2 Å². The Morgan fingerprint density at radius 2 is 0.880 bits per heavy atom. The number of aryl methyl sites for hydroxylation is 1. The molecule has 0 aliphatic carbocycles. The van der Waals surface area contributed by atoms with Crippen LogP contribution in [0.2, 0.25) is 0 Å². The van der Waals surface area contributed by atoms with Crippen LogP contribution >= 0.6 is 0 Å². The van der Waals surface area contributed by atoms with Gasteiger partial charge in [0.05, 0.1) is 14.2 Å². The summed E-state index contributed by atoms with van der Waals surface area (Å²) in [5, 5.41) is 0. The van der Waals surface area contributed by atoms with E-state index < -0.39 is 0 Å². The van der Waals surface area contributed by atoms with E-state index in [1.165, 1.54) is 22.3 Å². The first kappa shape index (κ1) is 17.1. The smallest absolute Gasteiger partial charge is 0.118 e. The van der Waals surface area contributed by atoms with E-state index >= 15 is 0 Å². The Bertz CT molecular complexity index is 768. The van der Waals surface area contributed by atoms with Crippen molar-refractivity contribution in [1.29, 1.82) is 0 Å². The van der Waals surface area contributed by atoms with Crippen molar-refractivity contribution in [1.82, 2.24) is 0 Å². The summed E-state index contributed by atoms with van der Waals surface area (Å²) in [5.74, 6) is 1.73. The molecule has 3 aromatic rings. The van der Waals surface area contributed by atoms with Gasteiger partial charge >= 0.3 is 0 Å². The summed E-state index contributed by atoms with van der Waals surface area (Å²) >= 11 is 0. The second kappa shape index (κ2) is 7.02. The summed E-state index contributed by atoms with van der Waals surface area (Å²) in [6.07, 6.45) is 0. The zero-order valence-corrected chi connectivity index (χ0v) is 15.2. The van der Waals surface area contributed by atoms with E-state index in [9.17, 15) is 0 Å². The molecule has 0 radical (unpaired) electrons. The van der Waals surface area contributed by atoms with Crippen LogP contribution in [0.15, 0.2) is 72.8 Å². The van der Waals surface area contributed by atoms with Gasteiger partial charge in [-0.05, 0) is 54.8 Å². The van der Waals surface area contributed by atoms with Crippen LogP contribution in [0.25, 0.3) is 0 Å². The standard InChI is InChI=1S/C23H24O2/c1-17-5-7-18(8-6-17)23(2,19-9-13-21(24-3)14-10-19)20-11-15-22(25-4)16-12-20/h5-16H,1-4H3. The van der Waals surface area contributed by atoms with Gasteiger partial charge in [-0.3, -0.25) is 0 Å². The quantitative estimate of drug-likeness (QED) is 0.585. The normalized spacial score (nSPS) is 11.2. The molecule has 0 aromatic heterocycles.